The minimum Gasteiger partial charge on any atom is -0.481 e. The molecule has 0 spiro atoms. The SMILES string of the molecule is N#Cc1ccc(NCc2ccccc2CC(=O)O)cc1Br. The monoisotopic (exact) mass is 344 g/mol. The summed E-state index contributed by atoms with van der Waals surface area (Å²) >= 11 is 3.34. The molecule has 0 atom stereocenters. The third kappa shape index (κ3) is 4.07. The van der Waals surface area contributed by atoms with Crippen LogP contribution < -0.4 is 5.32 Å². The van der Waals surface area contributed by atoms with E-state index in [1.807, 2.05) is 36.4 Å². The molecule has 4 nitrogen and oxygen atoms in total. The molecule has 106 valence electrons. The van der Waals surface area contributed by atoms with E-state index >= 15 is 0 Å². The Morgan fingerprint density at radius 3 is 2.57 bits per heavy atom. The second-order valence-electron chi connectivity index (χ2n) is 4.50. The van der Waals surface area contributed by atoms with Crippen LogP contribution in [-0.4, -0.2) is 11.1 Å². The van der Waals surface area contributed by atoms with Gasteiger partial charge in [-0.25, -0.2) is 0 Å². The van der Waals surface area contributed by atoms with Crippen molar-refractivity contribution in [2.45, 2.75) is 13.0 Å². The number of carbonyl (C=O) groups is 1. The molecule has 2 aromatic carbocycles. The van der Waals surface area contributed by atoms with Gasteiger partial charge in [0.25, 0.3) is 0 Å². The molecule has 0 saturated heterocycles. The fourth-order valence-electron chi connectivity index (χ4n) is 1.98. The lowest BCUT2D eigenvalue weighted by molar-refractivity contribution is -0.136. The average Bonchev–Trinajstić information content (AvgIpc) is 2.46. The number of anilines is 1. The van der Waals surface area contributed by atoms with Crippen molar-refractivity contribution in [1.29, 1.82) is 5.26 Å². The minimum absolute atomic E-state index is 0.00885. The summed E-state index contributed by atoms with van der Waals surface area (Å²) in [6, 6.07) is 14.9. The van der Waals surface area contributed by atoms with Gasteiger partial charge in [-0.05, 0) is 45.3 Å². The predicted octanol–water partition coefficient (Wildman–Crippen LogP) is 3.56. The van der Waals surface area contributed by atoms with Crippen LogP contribution in [0.2, 0.25) is 0 Å². The summed E-state index contributed by atoms with van der Waals surface area (Å²) in [5, 5.41) is 21.0. The normalized spacial score (nSPS) is 9.90. The van der Waals surface area contributed by atoms with Gasteiger partial charge in [-0.3, -0.25) is 4.79 Å². The standard InChI is InChI=1S/C16H13BrN2O2/c17-15-8-14(6-5-12(15)9-18)19-10-13-4-2-1-3-11(13)7-16(20)21/h1-6,8,19H,7,10H2,(H,20,21). The van der Waals surface area contributed by atoms with Crippen molar-refractivity contribution in [3.05, 3.63) is 63.6 Å². The number of aliphatic carboxylic acids is 1. The Kier molecular flexibility index (Phi) is 4.96. The maximum Gasteiger partial charge on any atom is 0.307 e. The van der Waals surface area contributed by atoms with Gasteiger partial charge in [0.15, 0.2) is 0 Å². The van der Waals surface area contributed by atoms with Crippen LogP contribution in [-0.2, 0) is 17.8 Å². The number of carboxylic acid groups (broad SMARTS) is 1. The molecule has 2 aromatic rings. The van der Waals surface area contributed by atoms with Gasteiger partial charge in [-0.1, -0.05) is 24.3 Å². The van der Waals surface area contributed by atoms with Crippen molar-refractivity contribution in [2.75, 3.05) is 5.32 Å². The highest BCUT2D eigenvalue weighted by atomic mass is 79.9. The fourth-order valence-corrected chi connectivity index (χ4v) is 2.45. The number of nitriles is 1. The second-order valence-corrected chi connectivity index (χ2v) is 5.35. The zero-order valence-corrected chi connectivity index (χ0v) is 12.7. The van der Waals surface area contributed by atoms with Crippen LogP contribution in [0, 0.1) is 11.3 Å². The summed E-state index contributed by atoms with van der Waals surface area (Å²) in [5.74, 6) is -0.844. The smallest absolute Gasteiger partial charge is 0.307 e. The van der Waals surface area contributed by atoms with E-state index in [1.165, 1.54) is 0 Å². The number of carboxylic acids is 1. The van der Waals surface area contributed by atoms with Crippen molar-refractivity contribution in [1.82, 2.24) is 0 Å². The maximum absolute atomic E-state index is 10.9. The summed E-state index contributed by atoms with van der Waals surface area (Å²) in [4.78, 5) is 10.9. The molecule has 0 radical (unpaired) electrons. The Labute approximate surface area is 131 Å². The van der Waals surface area contributed by atoms with Crippen LogP contribution in [0.15, 0.2) is 46.9 Å². The van der Waals surface area contributed by atoms with Crippen LogP contribution in [0.1, 0.15) is 16.7 Å². The minimum atomic E-state index is -0.844. The first-order valence-corrected chi connectivity index (χ1v) is 7.11. The lowest BCUT2D eigenvalue weighted by atomic mass is 10.0. The molecule has 21 heavy (non-hydrogen) atoms. The highest BCUT2D eigenvalue weighted by Crippen LogP contribution is 2.21. The number of benzene rings is 2. The van der Waals surface area contributed by atoms with Crippen molar-refractivity contribution in [2.24, 2.45) is 0 Å². The highest BCUT2D eigenvalue weighted by molar-refractivity contribution is 9.10. The summed E-state index contributed by atoms with van der Waals surface area (Å²) < 4.78 is 0.730. The topological polar surface area (TPSA) is 73.1 Å². The average molecular weight is 345 g/mol. The predicted molar refractivity (Wildman–Crippen MR) is 84.0 cm³/mol. The molecule has 5 heteroatoms. The Morgan fingerprint density at radius 1 is 1.24 bits per heavy atom. The molecule has 0 amide bonds. The van der Waals surface area contributed by atoms with Gasteiger partial charge in [-0.15, -0.1) is 0 Å². The van der Waals surface area contributed by atoms with E-state index < -0.39 is 5.97 Å². The molecular formula is C16H13BrN2O2. The Hall–Kier alpha value is -2.32. The van der Waals surface area contributed by atoms with Gasteiger partial charge in [0.05, 0.1) is 12.0 Å². The quantitative estimate of drug-likeness (QED) is 0.869. The van der Waals surface area contributed by atoms with Gasteiger partial charge in [0.1, 0.15) is 6.07 Å². The summed E-state index contributed by atoms with van der Waals surface area (Å²) in [6.45, 7) is 0.530. The first-order chi connectivity index (χ1) is 10.1. The molecule has 0 aromatic heterocycles. The molecule has 0 fully saturated rings. The lowest BCUT2D eigenvalue weighted by Crippen LogP contribution is -2.07. The number of hydrogen-bond acceptors (Lipinski definition) is 3. The molecular weight excluding hydrogens is 332 g/mol. The molecule has 0 saturated carbocycles. The van der Waals surface area contributed by atoms with Gasteiger partial charge < -0.3 is 10.4 Å². The van der Waals surface area contributed by atoms with Crippen molar-refractivity contribution in [3.63, 3.8) is 0 Å². The Bertz CT molecular complexity index is 708. The number of nitrogens with one attached hydrogen (secondary N) is 1. The van der Waals surface area contributed by atoms with E-state index in [1.54, 1.807) is 6.07 Å². The fraction of sp³-hybridized carbons (Fsp3) is 0.125. The zero-order valence-electron chi connectivity index (χ0n) is 11.1. The van der Waals surface area contributed by atoms with E-state index in [-0.39, 0.29) is 6.42 Å². The van der Waals surface area contributed by atoms with E-state index in [4.69, 9.17) is 10.4 Å². The van der Waals surface area contributed by atoms with Gasteiger partial charge in [0.2, 0.25) is 0 Å². The number of halogens is 1. The van der Waals surface area contributed by atoms with Gasteiger partial charge in [0, 0.05) is 16.7 Å². The summed E-state index contributed by atoms with van der Waals surface area (Å²) in [6.07, 6.45) is 0.00885. The van der Waals surface area contributed by atoms with E-state index in [9.17, 15) is 4.79 Å². The summed E-state index contributed by atoms with van der Waals surface area (Å²) in [5.41, 5.74) is 3.18. The van der Waals surface area contributed by atoms with Gasteiger partial charge >= 0.3 is 5.97 Å². The first kappa shape index (κ1) is 15.1. The third-order valence-corrected chi connectivity index (χ3v) is 3.69. The highest BCUT2D eigenvalue weighted by Gasteiger charge is 2.06. The molecule has 0 aliphatic rings. The van der Waals surface area contributed by atoms with Crippen LogP contribution in [0.3, 0.4) is 0 Å². The van der Waals surface area contributed by atoms with E-state index in [2.05, 4.69) is 27.3 Å². The molecule has 2 N–H and O–H groups in total. The van der Waals surface area contributed by atoms with Crippen LogP contribution in [0.25, 0.3) is 0 Å². The molecule has 2 rings (SSSR count). The number of rotatable bonds is 5. The summed E-state index contributed by atoms with van der Waals surface area (Å²) in [7, 11) is 0. The number of hydrogen-bond donors (Lipinski definition) is 2. The molecule has 0 bridgehead atoms. The third-order valence-electron chi connectivity index (χ3n) is 3.03. The second kappa shape index (κ2) is 6.91. The van der Waals surface area contributed by atoms with Crippen molar-refractivity contribution < 1.29 is 9.90 Å². The van der Waals surface area contributed by atoms with Crippen LogP contribution in [0.5, 0.6) is 0 Å². The van der Waals surface area contributed by atoms with Crippen LogP contribution in [0.4, 0.5) is 5.69 Å². The molecule has 0 aliphatic carbocycles. The van der Waals surface area contributed by atoms with Crippen molar-refractivity contribution in [3.8, 4) is 6.07 Å². The maximum atomic E-state index is 10.9. The Balaban J connectivity index is 2.11. The Morgan fingerprint density at radius 2 is 1.95 bits per heavy atom. The molecule has 0 heterocycles. The van der Waals surface area contributed by atoms with Crippen molar-refractivity contribution >= 4 is 27.6 Å². The first-order valence-electron chi connectivity index (χ1n) is 6.32. The number of nitrogens with zero attached hydrogens (tertiary/aromatic N) is 1. The van der Waals surface area contributed by atoms with Gasteiger partial charge in [-0.2, -0.15) is 5.26 Å². The molecule has 0 aliphatic heterocycles. The molecule has 0 unspecified atom stereocenters. The van der Waals surface area contributed by atoms with E-state index in [0.29, 0.717) is 12.1 Å². The largest absolute Gasteiger partial charge is 0.481 e. The lowest BCUT2D eigenvalue weighted by Gasteiger charge is -2.11. The zero-order chi connectivity index (χ0) is 15.2. The van der Waals surface area contributed by atoms with E-state index in [0.717, 1.165) is 21.3 Å². The van der Waals surface area contributed by atoms with Crippen LogP contribution >= 0.6 is 15.9 Å².